The summed E-state index contributed by atoms with van der Waals surface area (Å²) in [5.74, 6) is -0.250. The fourth-order valence-electron chi connectivity index (χ4n) is 1.72. The summed E-state index contributed by atoms with van der Waals surface area (Å²) in [5.41, 5.74) is 2.26. The summed E-state index contributed by atoms with van der Waals surface area (Å²) in [5, 5.41) is 9.77. The molecule has 86 valence electrons. The average molecular weight is 228 g/mol. The molecule has 1 heterocycles. The number of carbonyl (C=O) groups is 1. The van der Waals surface area contributed by atoms with E-state index in [1.54, 1.807) is 19.1 Å². The average Bonchev–Trinajstić information content (AvgIpc) is 2.69. The number of esters is 1. The van der Waals surface area contributed by atoms with Crippen LogP contribution in [0, 0.1) is 11.3 Å². The molecule has 0 spiro atoms. The third kappa shape index (κ3) is 2.45. The second-order valence-corrected chi connectivity index (χ2v) is 3.69. The number of rotatable bonds is 3. The van der Waals surface area contributed by atoms with Gasteiger partial charge in [-0.2, -0.15) is 5.26 Å². The summed E-state index contributed by atoms with van der Waals surface area (Å²) in [6.45, 7) is 2.17. The van der Waals surface area contributed by atoms with Gasteiger partial charge < -0.3 is 9.72 Å². The molecule has 0 aliphatic rings. The van der Waals surface area contributed by atoms with Gasteiger partial charge in [-0.1, -0.05) is 6.07 Å². The minimum absolute atomic E-state index is 0.227. The third-order valence-electron chi connectivity index (χ3n) is 2.45. The number of fused-ring (bicyclic) bond motifs is 1. The van der Waals surface area contributed by atoms with Gasteiger partial charge in [0.25, 0.3) is 0 Å². The maximum Gasteiger partial charge on any atom is 0.311 e. The number of nitrogens with zero attached hydrogens (tertiary/aromatic N) is 1. The Morgan fingerprint density at radius 1 is 1.47 bits per heavy atom. The zero-order chi connectivity index (χ0) is 12.3. The van der Waals surface area contributed by atoms with Crippen molar-refractivity contribution in [2.24, 2.45) is 0 Å². The van der Waals surface area contributed by atoms with Crippen molar-refractivity contribution in [2.45, 2.75) is 13.3 Å². The van der Waals surface area contributed by atoms with Crippen LogP contribution >= 0.6 is 0 Å². The molecular weight excluding hydrogens is 216 g/mol. The molecule has 0 saturated carbocycles. The Morgan fingerprint density at radius 2 is 2.29 bits per heavy atom. The molecule has 0 aliphatic carbocycles. The van der Waals surface area contributed by atoms with E-state index in [0.29, 0.717) is 12.2 Å². The molecule has 1 N–H and O–H groups in total. The van der Waals surface area contributed by atoms with E-state index in [1.807, 2.05) is 12.1 Å². The van der Waals surface area contributed by atoms with Crippen molar-refractivity contribution < 1.29 is 9.53 Å². The van der Waals surface area contributed by atoms with Gasteiger partial charge in [0.2, 0.25) is 0 Å². The lowest BCUT2D eigenvalue weighted by Crippen LogP contribution is -2.07. The van der Waals surface area contributed by atoms with Crippen LogP contribution in [0.5, 0.6) is 0 Å². The van der Waals surface area contributed by atoms with Crippen LogP contribution in [0.1, 0.15) is 18.2 Å². The highest BCUT2D eigenvalue weighted by molar-refractivity contribution is 5.83. The van der Waals surface area contributed by atoms with Gasteiger partial charge in [0.15, 0.2) is 0 Å². The molecule has 4 nitrogen and oxygen atoms in total. The quantitative estimate of drug-likeness (QED) is 0.818. The zero-order valence-corrected chi connectivity index (χ0v) is 9.49. The van der Waals surface area contributed by atoms with Crippen LogP contribution in [-0.2, 0) is 16.0 Å². The Kier molecular flexibility index (Phi) is 3.10. The maximum atomic E-state index is 11.3. The van der Waals surface area contributed by atoms with E-state index < -0.39 is 0 Å². The van der Waals surface area contributed by atoms with Crippen molar-refractivity contribution in [1.29, 1.82) is 5.26 Å². The van der Waals surface area contributed by atoms with Crippen molar-refractivity contribution in [3.63, 3.8) is 0 Å². The lowest BCUT2D eigenvalue weighted by atomic mass is 10.2. The molecule has 0 atom stereocenters. The summed E-state index contributed by atoms with van der Waals surface area (Å²) in [6, 6.07) is 9.36. The first-order valence-electron chi connectivity index (χ1n) is 5.40. The second kappa shape index (κ2) is 4.71. The first-order chi connectivity index (χ1) is 8.22. The molecule has 0 unspecified atom stereocenters. The van der Waals surface area contributed by atoms with Gasteiger partial charge in [0.1, 0.15) is 0 Å². The largest absolute Gasteiger partial charge is 0.466 e. The number of ether oxygens (including phenoxy) is 1. The monoisotopic (exact) mass is 228 g/mol. The number of nitriles is 1. The van der Waals surface area contributed by atoms with Crippen molar-refractivity contribution in [2.75, 3.05) is 6.61 Å². The Hall–Kier alpha value is -2.28. The van der Waals surface area contributed by atoms with Gasteiger partial charge in [-0.25, -0.2) is 0 Å². The number of aromatic amines is 1. The van der Waals surface area contributed by atoms with Gasteiger partial charge in [-0.3, -0.25) is 4.79 Å². The van der Waals surface area contributed by atoms with Gasteiger partial charge >= 0.3 is 5.97 Å². The van der Waals surface area contributed by atoms with E-state index in [0.717, 1.165) is 16.6 Å². The fraction of sp³-hybridized carbons (Fsp3) is 0.231. The van der Waals surface area contributed by atoms with Gasteiger partial charge in [-0.05, 0) is 30.5 Å². The van der Waals surface area contributed by atoms with Crippen LogP contribution in [0.15, 0.2) is 24.3 Å². The highest BCUT2D eigenvalue weighted by Gasteiger charge is 2.07. The number of hydrogen-bond acceptors (Lipinski definition) is 3. The number of nitrogens with one attached hydrogen (secondary N) is 1. The predicted molar refractivity (Wildman–Crippen MR) is 63.4 cm³/mol. The molecule has 0 radical (unpaired) electrons. The summed E-state index contributed by atoms with van der Waals surface area (Å²) >= 11 is 0. The van der Waals surface area contributed by atoms with Crippen LogP contribution in [-0.4, -0.2) is 17.6 Å². The summed E-state index contributed by atoms with van der Waals surface area (Å²) < 4.78 is 4.88. The molecule has 2 aromatic rings. The summed E-state index contributed by atoms with van der Waals surface area (Å²) in [4.78, 5) is 14.4. The molecule has 1 aromatic heterocycles. The SMILES string of the molecule is CCOC(=O)Cc1cc2ccc(C#N)cc2[nH]1. The number of aromatic nitrogens is 1. The van der Waals surface area contributed by atoms with E-state index in [9.17, 15) is 4.79 Å². The number of H-pyrrole nitrogens is 1. The molecule has 4 heteroatoms. The topological polar surface area (TPSA) is 65.9 Å². The van der Waals surface area contributed by atoms with E-state index in [1.165, 1.54) is 0 Å². The van der Waals surface area contributed by atoms with Crippen molar-refractivity contribution >= 4 is 16.9 Å². The van der Waals surface area contributed by atoms with E-state index in [2.05, 4.69) is 11.1 Å². The molecule has 0 aliphatic heterocycles. The van der Waals surface area contributed by atoms with Crippen LogP contribution in [0.4, 0.5) is 0 Å². The highest BCUT2D eigenvalue weighted by Crippen LogP contribution is 2.17. The number of hydrogen-bond donors (Lipinski definition) is 1. The third-order valence-corrected chi connectivity index (χ3v) is 2.45. The Bertz CT molecular complexity index is 593. The standard InChI is InChI=1S/C13H12N2O2/c1-2-17-13(16)7-11-6-10-4-3-9(8-14)5-12(10)15-11/h3-6,15H,2,7H2,1H3. The lowest BCUT2D eigenvalue weighted by Gasteiger charge is -1.98. The molecule has 0 bridgehead atoms. The molecule has 1 aromatic carbocycles. The minimum atomic E-state index is -0.250. The van der Waals surface area contributed by atoms with E-state index in [-0.39, 0.29) is 12.4 Å². The van der Waals surface area contributed by atoms with Crippen molar-refractivity contribution in [3.8, 4) is 6.07 Å². The molecule has 0 saturated heterocycles. The van der Waals surface area contributed by atoms with Crippen LogP contribution in [0.2, 0.25) is 0 Å². The Labute approximate surface area is 98.8 Å². The smallest absolute Gasteiger partial charge is 0.311 e. The molecule has 0 amide bonds. The minimum Gasteiger partial charge on any atom is -0.466 e. The van der Waals surface area contributed by atoms with Crippen molar-refractivity contribution in [3.05, 3.63) is 35.5 Å². The number of benzene rings is 1. The van der Waals surface area contributed by atoms with Gasteiger partial charge in [-0.15, -0.1) is 0 Å². The highest BCUT2D eigenvalue weighted by atomic mass is 16.5. The predicted octanol–water partition coefficient (Wildman–Crippen LogP) is 2.15. The molecule has 17 heavy (non-hydrogen) atoms. The normalized spacial score (nSPS) is 10.1. The lowest BCUT2D eigenvalue weighted by molar-refractivity contribution is -0.142. The first-order valence-corrected chi connectivity index (χ1v) is 5.40. The zero-order valence-electron chi connectivity index (χ0n) is 9.49. The molecule has 0 fully saturated rings. The first kappa shape index (κ1) is 11.2. The second-order valence-electron chi connectivity index (χ2n) is 3.69. The van der Waals surface area contributed by atoms with E-state index >= 15 is 0 Å². The Morgan fingerprint density at radius 3 is 3.00 bits per heavy atom. The summed E-state index contributed by atoms with van der Waals surface area (Å²) in [7, 11) is 0. The fourth-order valence-corrected chi connectivity index (χ4v) is 1.72. The molecular formula is C13H12N2O2. The van der Waals surface area contributed by atoms with Gasteiger partial charge in [0, 0.05) is 11.2 Å². The molecule has 2 rings (SSSR count). The van der Waals surface area contributed by atoms with Crippen LogP contribution in [0.3, 0.4) is 0 Å². The van der Waals surface area contributed by atoms with Crippen molar-refractivity contribution in [1.82, 2.24) is 4.98 Å². The van der Waals surface area contributed by atoms with Gasteiger partial charge in [0.05, 0.1) is 24.7 Å². The Balaban J connectivity index is 2.26. The van der Waals surface area contributed by atoms with Crippen LogP contribution < -0.4 is 0 Å². The van der Waals surface area contributed by atoms with Crippen LogP contribution in [0.25, 0.3) is 10.9 Å². The van der Waals surface area contributed by atoms with E-state index in [4.69, 9.17) is 10.00 Å². The summed E-state index contributed by atoms with van der Waals surface area (Å²) in [6.07, 6.45) is 0.227. The number of carbonyl (C=O) groups excluding carboxylic acids is 1. The maximum absolute atomic E-state index is 11.3.